The summed E-state index contributed by atoms with van der Waals surface area (Å²) in [6.45, 7) is 0.0486. The number of aromatic nitrogens is 1. The van der Waals surface area contributed by atoms with E-state index in [1.807, 2.05) is 30.3 Å². The largest absolute Gasteiger partial charge is 0.467 e. The standard InChI is InChI=1S/C20H16N2O4/c23-20(19-17-5-1-2-6-18(17)24-13-25-19)22-14-7-9-15(10-8-14)26-16-4-3-11-21-12-16/h1-12,19H,13H2,(H,22,23)/t19-/m1/s1. The van der Waals surface area contributed by atoms with Crippen LogP contribution in [0, 0.1) is 0 Å². The third-order valence-electron chi connectivity index (χ3n) is 3.88. The molecule has 4 rings (SSSR count). The average molecular weight is 348 g/mol. The van der Waals surface area contributed by atoms with Gasteiger partial charge in [-0.1, -0.05) is 18.2 Å². The molecule has 0 radical (unpaired) electrons. The lowest BCUT2D eigenvalue weighted by Gasteiger charge is -2.25. The predicted molar refractivity (Wildman–Crippen MR) is 95.1 cm³/mol. The summed E-state index contributed by atoms with van der Waals surface area (Å²) in [5.41, 5.74) is 1.37. The predicted octanol–water partition coefficient (Wildman–Crippen LogP) is 3.92. The van der Waals surface area contributed by atoms with E-state index in [4.69, 9.17) is 14.2 Å². The van der Waals surface area contributed by atoms with Gasteiger partial charge in [-0.25, -0.2) is 0 Å². The number of hydrogen-bond donors (Lipinski definition) is 1. The van der Waals surface area contributed by atoms with Crippen LogP contribution in [0.4, 0.5) is 5.69 Å². The fraction of sp³-hybridized carbons (Fsp3) is 0.100. The van der Waals surface area contributed by atoms with E-state index in [0.717, 1.165) is 0 Å². The minimum Gasteiger partial charge on any atom is -0.467 e. The van der Waals surface area contributed by atoms with E-state index in [9.17, 15) is 4.79 Å². The van der Waals surface area contributed by atoms with Gasteiger partial charge < -0.3 is 19.5 Å². The smallest absolute Gasteiger partial charge is 0.258 e. The number of fused-ring (bicyclic) bond motifs is 1. The summed E-state index contributed by atoms with van der Waals surface area (Å²) < 4.78 is 16.6. The zero-order valence-corrected chi connectivity index (χ0v) is 13.8. The number of benzene rings is 2. The number of hydrogen-bond acceptors (Lipinski definition) is 5. The van der Waals surface area contributed by atoms with Gasteiger partial charge in [0.1, 0.15) is 17.2 Å². The molecule has 1 atom stereocenters. The molecule has 26 heavy (non-hydrogen) atoms. The Morgan fingerprint density at radius 1 is 1.04 bits per heavy atom. The first-order valence-electron chi connectivity index (χ1n) is 8.12. The number of amides is 1. The zero-order chi connectivity index (χ0) is 17.8. The van der Waals surface area contributed by atoms with Gasteiger partial charge in [-0.05, 0) is 42.5 Å². The zero-order valence-electron chi connectivity index (χ0n) is 13.8. The van der Waals surface area contributed by atoms with Crippen LogP contribution in [0.3, 0.4) is 0 Å². The van der Waals surface area contributed by atoms with E-state index in [-0.39, 0.29) is 12.7 Å². The molecule has 1 aromatic heterocycles. The average Bonchev–Trinajstić information content (AvgIpc) is 2.70. The van der Waals surface area contributed by atoms with Crippen LogP contribution in [0.15, 0.2) is 73.1 Å². The Balaban J connectivity index is 1.44. The summed E-state index contributed by atoms with van der Waals surface area (Å²) in [6.07, 6.45) is 2.61. The Morgan fingerprint density at radius 3 is 2.69 bits per heavy atom. The quantitative estimate of drug-likeness (QED) is 0.774. The van der Waals surface area contributed by atoms with Crippen LogP contribution in [0.5, 0.6) is 17.2 Å². The highest BCUT2D eigenvalue weighted by molar-refractivity contribution is 5.95. The van der Waals surface area contributed by atoms with E-state index in [0.29, 0.717) is 28.5 Å². The van der Waals surface area contributed by atoms with Crippen molar-refractivity contribution in [3.63, 3.8) is 0 Å². The maximum atomic E-state index is 12.6. The molecule has 2 aromatic carbocycles. The first kappa shape index (κ1) is 16.1. The molecule has 0 unspecified atom stereocenters. The molecule has 0 saturated heterocycles. The Kier molecular flexibility index (Phi) is 4.49. The van der Waals surface area contributed by atoms with E-state index >= 15 is 0 Å². The fourth-order valence-electron chi connectivity index (χ4n) is 2.66. The Labute approximate surface area is 150 Å². The van der Waals surface area contributed by atoms with Crippen LogP contribution in [-0.2, 0) is 9.53 Å². The Bertz CT molecular complexity index is 897. The Hall–Kier alpha value is -3.38. The molecule has 0 fully saturated rings. The molecule has 6 nitrogen and oxygen atoms in total. The molecule has 130 valence electrons. The van der Waals surface area contributed by atoms with E-state index in [1.54, 1.807) is 42.7 Å². The summed E-state index contributed by atoms with van der Waals surface area (Å²) in [5, 5.41) is 2.86. The van der Waals surface area contributed by atoms with Crippen LogP contribution >= 0.6 is 0 Å². The second-order valence-corrected chi connectivity index (χ2v) is 5.65. The van der Waals surface area contributed by atoms with Crippen LogP contribution in [0.1, 0.15) is 11.7 Å². The van der Waals surface area contributed by atoms with Crippen LogP contribution in [-0.4, -0.2) is 17.7 Å². The first-order valence-corrected chi connectivity index (χ1v) is 8.12. The lowest BCUT2D eigenvalue weighted by atomic mass is 10.1. The van der Waals surface area contributed by atoms with E-state index in [2.05, 4.69) is 10.3 Å². The molecule has 1 aliphatic rings. The monoisotopic (exact) mass is 348 g/mol. The van der Waals surface area contributed by atoms with Crippen molar-refractivity contribution in [3.05, 3.63) is 78.6 Å². The lowest BCUT2D eigenvalue weighted by molar-refractivity contribution is -0.136. The molecule has 1 aliphatic heterocycles. The molecule has 3 aromatic rings. The number of pyridine rings is 1. The molecule has 1 N–H and O–H groups in total. The van der Waals surface area contributed by atoms with Crippen molar-refractivity contribution in [2.75, 3.05) is 12.1 Å². The van der Waals surface area contributed by atoms with Crippen molar-refractivity contribution in [2.24, 2.45) is 0 Å². The molecule has 0 bridgehead atoms. The molecule has 1 amide bonds. The van der Waals surface area contributed by atoms with Gasteiger partial charge >= 0.3 is 0 Å². The van der Waals surface area contributed by atoms with Crippen molar-refractivity contribution < 1.29 is 19.0 Å². The SMILES string of the molecule is O=C(Nc1ccc(Oc2cccnc2)cc1)[C@@H]1OCOc2ccccc21. The van der Waals surface area contributed by atoms with Gasteiger partial charge in [0, 0.05) is 17.4 Å². The van der Waals surface area contributed by atoms with Gasteiger partial charge in [0.15, 0.2) is 12.9 Å². The second-order valence-electron chi connectivity index (χ2n) is 5.65. The van der Waals surface area contributed by atoms with Gasteiger partial charge in [0.25, 0.3) is 5.91 Å². The second kappa shape index (κ2) is 7.25. The fourth-order valence-corrected chi connectivity index (χ4v) is 2.66. The van der Waals surface area contributed by atoms with Crippen LogP contribution < -0.4 is 14.8 Å². The molecule has 0 spiro atoms. The summed E-state index contributed by atoms with van der Waals surface area (Å²) in [6, 6.07) is 18.1. The highest BCUT2D eigenvalue weighted by atomic mass is 16.7. The number of carbonyl (C=O) groups is 1. The minimum absolute atomic E-state index is 0.0486. The molecule has 0 saturated carbocycles. The normalized spacial score (nSPS) is 15.5. The van der Waals surface area contributed by atoms with Crippen molar-refractivity contribution in [1.29, 1.82) is 0 Å². The highest BCUT2D eigenvalue weighted by Gasteiger charge is 2.28. The molecule has 6 heteroatoms. The molecular weight excluding hydrogens is 332 g/mol. The number of anilines is 1. The van der Waals surface area contributed by atoms with Gasteiger partial charge in [0.05, 0.1) is 6.20 Å². The van der Waals surface area contributed by atoms with Crippen molar-refractivity contribution in [2.45, 2.75) is 6.10 Å². The number of rotatable bonds is 4. The number of ether oxygens (including phenoxy) is 3. The third kappa shape index (κ3) is 3.50. The Morgan fingerprint density at radius 2 is 1.88 bits per heavy atom. The summed E-state index contributed by atoms with van der Waals surface area (Å²) in [5.74, 6) is 1.72. The van der Waals surface area contributed by atoms with Gasteiger partial charge in [0.2, 0.25) is 0 Å². The topological polar surface area (TPSA) is 69.7 Å². The summed E-state index contributed by atoms with van der Waals surface area (Å²) >= 11 is 0. The number of carbonyl (C=O) groups excluding carboxylic acids is 1. The van der Waals surface area contributed by atoms with Crippen molar-refractivity contribution in [3.8, 4) is 17.2 Å². The summed E-state index contributed by atoms with van der Waals surface area (Å²) in [4.78, 5) is 16.6. The molecule has 0 aliphatic carbocycles. The highest BCUT2D eigenvalue weighted by Crippen LogP contribution is 2.32. The van der Waals surface area contributed by atoms with E-state index in [1.165, 1.54) is 0 Å². The number of nitrogens with one attached hydrogen (secondary N) is 1. The summed E-state index contributed by atoms with van der Waals surface area (Å²) in [7, 11) is 0. The maximum absolute atomic E-state index is 12.6. The van der Waals surface area contributed by atoms with Gasteiger partial charge in [-0.3, -0.25) is 9.78 Å². The number of para-hydroxylation sites is 1. The molecular formula is C20H16N2O4. The minimum atomic E-state index is -0.703. The van der Waals surface area contributed by atoms with Crippen LogP contribution in [0.2, 0.25) is 0 Å². The lowest BCUT2D eigenvalue weighted by Crippen LogP contribution is -2.28. The van der Waals surface area contributed by atoms with Crippen molar-refractivity contribution in [1.82, 2.24) is 4.98 Å². The van der Waals surface area contributed by atoms with Gasteiger partial charge in [-0.15, -0.1) is 0 Å². The van der Waals surface area contributed by atoms with Gasteiger partial charge in [-0.2, -0.15) is 0 Å². The third-order valence-corrected chi connectivity index (χ3v) is 3.88. The first-order chi connectivity index (χ1) is 12.8. The maximum Gasteiger partial charge on any atom is 0.258 e. The molecule has 2 heterocycles. The van der Waals surface area contributed by atoms with Crippen LogP contribution in [0.25, 0.3) is 0 Å². The van der Waals surface area contributed by atoms with E-state index < -0.39 is 6.10 Å². The van der Waals surface area contributed by atoms with Crippen molar-refractivity contribution >= 4 is 11.6 Å². The number of nitrogens with zero attached hydrogens (tertiary/aromatic N) is 1.